The number of nitrogens with zero attached hydrogens (tertiary/aromatic N) is 1. The Labute approximate surface area is 136 Å². The molecule has 1 heterocycles. The molecule has 4 heteroatoms. The van der Waals surface area contributed by atoms with Crippen molar-refractivity contribution < 1.29 is 9.53 Å². The van der Waals surface area contributed by atoms with E-state index < -0.39 is 6.09 Å². The van der Waals surface area contributed by atoms with E-state index in [-0.39, 0.29) is 11.3 Å². The van der Waals surface area contributed by atoms with Crippen LogP contribution in [0.15, 0.2) is 36.5 Å². The van der Waals surface area contributed by atoms with Crippen LogP contribution in [-0.2, 0) is 10.2 Å². The maximum absolute atomic E-state index is 11.9. The number of rotatable bonds is 2. The molecule has 120 valence electrons. The lowest BCUT2D eigenvalue weighted by molar-refractivity contribution is 0.157. The molecule has 1 aliphatic carbocycles. The van der Waals surface area contributed by atoms with Gasteiger partial charge in [0.2, 0.25) is 0 Å². The molecule has 2 aromatic rings. The van der Waals surface area contributed by atoms with E-state index in [1.165, 1.54) is 5.56 Å². The zero-order valence-electron chi connectivity index (χ0n) is 14.0. The van der Waals surface area contributed by atoms with Gasteiger partial charge in [0, 0.05) is 22.8 Å². The number of hydrogen-bond donors (Lipinski definition) is 1. The first-order valence-corrected chi connectivity index (χ1v) is 7.99. The summed E-state index contributed by atoms with van der Waals surface area (Å²) in [6, 6.07) is 8.15. The summed E-state index contributed by atoms with van der Waals surface area (Å²) in [5.74, 6) is 0.276. The molecular weight excluding hydrogens is 288 g/mol. The fourth-order valence-corrected chi connectivity index (χ4v) is 3.20. The van der Waals surface area contributed by atoms with Gasteiger partial charge in [-0.25, -0.2) is 4.79 Å². The number of amides is 1. The second kappa shape index (κ2) is 5.69. The quantitative estimate of drug-likeness (QED) is 0.902. The Morgan fingerprint density at radius 3 is 2.83 bits per heavy atom. The number of carbonyl (C=O) groups is 1. The van der Waals surface area contributed by atoms with Gasteiger partial charge < -0.3 is 4.74 Å². The first-order chi connectivity index (χ1) is 10.9. The summed E-state index contributed by atoms with van der Waals surface area (Å²) in [4.78, 5) is 16.4. The fraction of sp³-hybridized carbons (Fsp3) is 0.368. The summed E-state index contributed by atoms with van der Waals surface area (Å²) < 4.78 is 5.02. The lowest BCUT2D eigenvalue weighted by Crippen LogP contribution is -2.34. The van der Waals surface area contributed by atoms with Crippen LogP contribution in [0.4, 0.5) is 4.79 Å². The Hall–Kier alpha value is -2.36. The molecule has 1 aliphatic rings. The largest absolute Gasteiger partial charge is 0.450 e. The zero-order valence-corrected chi connectivity index (χ0v) is 14.0. The van der Waals surface area contributed by atoms with Crippen LogP contribution in [0.3, 0.4) is 0 Å². The van der Waals surface area contributed by atoms with E-state index in [0.29, 0.717) is 6.61 Å². The smallest absolute Gasteiger partial charge is 0.411 e. The number of benzene rings is 1. The van der Waals surface area contributed by atoms with Crippen molar-refractivity contribution >= 4 is 22.7 Å². The molecule has 1 amide bonds. The Morgan fingerprint density at radius 2 is 2.09 bits per heavy atom. The van der Waals surface area contributed by atoms with E-state index in [2.05, 4.69) is 43.2 Å². The average Bonchev–Trinajstić information content (AvgIpc) is 2.52. The molecular formula is C19H22N2O2. The number of pyridine rings is 1. The molecule has 1 aromatic carbocycles. The second-order valence-corrected chi connectivity index (χ2v) is 6.50. The van der Waals surface area contributed by atoms with E-state index in [0.717, 1.165) is 22.2 Å². The molecule has 0 radical (unpaired) electrons. The number of nitrogens with one attached hydrogen (secondary N) is 1. The minimum Gasteiger partial charge on any atom is -0.450 e. The highest BCUT2D eigenvalue weighted by atomic mass is 16.5. The van der Waals surface area contributed by atoms with E-state index in [1.54, 1.807) is 6.92 Å². The van der Waals surface area contributed by atoms with Crippen molar-refractivity contribution in [2.45, 2.75) is 33.1 Å². The summed E-state index contributed by atoms with van der Waals surface area (Å²) in [5.41, 5.74) is 3.91. The van der Waals surface area contributed by atoms with Crippen molar-refractivity contribution in [3.63, 3.8) is 0 Å². The summed E-state index contributed by atoms with van der Waals surface area (Å²) in [7, 11) is 0. The number of aromatic nitrogens is 1. The van der Waals surface area contributed by atoms with Crippen molar-refractivity contribution in [1.82, 2.24) is 10.3 Å². The standard InChI is InChI=1S/C19H22N2O2/c1-5-23-18(22)21-16-10-12(2)19(3,4)17-13-8-6-7-9-15(13)20-11-14(16)17/h6-12H,5H2,1-4H3,(H,21,22). The number of alkyl carbamates (subject to hydrolysis) is 1. The van der Waals surface area contributed by atoms with Crippen LogP contribution in [0.2, 0.25) is 0 Å². The van der Waals surface area contributed by atoms with Gasteiger partial charge in [0.15, 0.2) is 0 Å². The van der Waals surface area contributed by atoms with Crippen LogP contribution in [0.25, 0.3) is 16.6 Å². The maximum Gasteiger partial charge on any atom is 0.411 e. The third kappa shape index (κ3) is 2.58. The lowest BCUT2D eigenvalue weighted by Gasteiger charge is -2.38. The maximum atomic E-state index is 11.9. The van der Waals surface area contributed by atoms with Gasteiger partial charge in [-0.15, -0.1) is 0 Å². The first kappa shape index (κ1) is 15.5. The Bertz CT molecular complexity index is 793. The third-order valence-corrected chi connectivity index (χ3v) is 4.78. The molecule has 0 bridgehead atoms. The molecule has 0 saturated carbocycles. The van der Waals surface area contributed by atoms with Gasteiger partial charge in [0.25, 0.3) is 0 Å². The summed E-state index contributed by atoms with van der Waals surface area (Å²) in [6.07, 6.45) is 3.52. The Balaban J connectivity index is 2.18. The van der Waals surface area contributed by atoms with Crippen LogP contribution in [-0.4, -0.2) is 17.7 Å². The summed E-state index contributed by atoms with van der Waals surface area (Å²) >= 11 is 0. The molecule has 0 saturated heterocycles. The number of allylic oxidation sites excluding steroid dienone is 1. The highest BCUT2D eigenvalue weighted by Gasteiger charge is 2.36. The number of carbonyl (C=O) groups excluding carboxylic acids is 1. The predicted molar refractivity (Wildman–Crippen MR) is 92.1 cm³/mol. The molecule has 3 rings (SSSR count). The van der Waals surface area contributed by atoms with Crippen molar-refractivity contribution in [2.75, 3.05) is 6.61 Å². The van der Waals surface area contributed by atoms with E-state index in [1.807, 2.05) is 24.4 Å². The van der Waals surface area contributed by atoms with Gasteiger partial charge in [-0.05, 0) is 29.9 Å². The van der Waals surface area contributed by atoms with Crippen molar-refractivity contribution in [3.05, 3.63) is 47.7 Å². The van der Waals surface area contributed by atoms with Crippen LogP contribution in [0.5, 0.6) is 0 Å². The number of hydrogen-bond acceptors (Lipinski definition) is 3. The Morgan fingerprint density at radius 1 is 1.35 bits per heavy atom. The van der Waals surface area contributed by atoms with Gasteiger partial charge in [-0.1, -0.05) is 45.0 Å². The molecule has 1 aromatic heterocycles. The highest BCUT2D eigenvalue weighted by Crippen LogP contribution is 2.44. The second-order valence-electron chi connectivity index (χ2n) is 6.50. The molecule has 0 fully saturated rings. The van der Waals surface area contributed by atoms with Crippen molar-refractivity contribution in [2.24, 2.45) is 5.92 Å². The normalized spacial score (nSPS) is 19.0. The molecule has 23 heavy (non-hydrogen) atoms. The number of fused-ring (bicyclic) bond motifs is 3. The monoisotopic (exact) mass is 310 g/mol. The first-order valence-electron chi connectivity index (χ1n) is 7.99. The summed E-state index contributed by atoms with van der Waals surface area (Å²) in [5, 5.41) is 4.01. The average molecular weight is 310 g/mol. The fourth-order valence-electron chi connectivity index (χ4n) is 3.20. The number of ether oxygens (including phenoxy) is 1. The molecule has 4 nitrogen and oxygen atoms in total. The van der Waals surface area contributed by atoms with Crippen LogP contribution in [0.1, 0.15) is 38.8 Å². The zero-order chi connectivity index (χ0) is 16.6. The minimum atomic E-state index is -0.426. The molecule has 0 spiro atoms. The van der Waals surface area contributed by atoms with Crippen LogP contribution < -0.4 is 5.32 Å². The molecule has 1 N–H and O–H groups in total. The van der Waals surface area contributed by atoms with Gasteiger partial charge in [0.05, 0.1) is 12.1 Å². The van der Waals surface area contributed by atoms with Gasteiger partial charge in [0.1, 0.15) is 0 Å². The van der Waals surface area contributed by atoms with E-state index in [4.69, 9.17) is 4.74 Å². The number of para-hydroxylation sites is 1. The topological polar surface area (TPSA) is 51.2 Å². The van der Waals surface area contributed by atoms with Gasteiger partial charge in [-0.3, -0.25) is 10.3 Å². The van der Waals surface area contributed by atoms with Crippen molar-refractivity contribution in [1.29, 1.82) is 0 Å². The third-order valence-electron chi connectivity index (χ3n) is 4.78. The predicted octanol–water partition coefficient (Wildman–Crippen LogP) is 4.25. The molecule has 0 aliphatic heterocycles. The lowest BCUT2D eigenvalue weighted by atomic mass is 9.68. The minimum absolute atomic E-state index is 0.0439. The Kier molecular flexibility index (Phi) is 3.84. The van der Waals surface area contributed by atoms with Gasteiger partial charge in [-0.2, -0.15) is 0 Å². The van der Waals surface area contributed by atoms with E-state index in [9.17, 15) is 4.79 Å². The highest BCUT2D eigenvalue weighted by molar-refractivity contribution is 5.92. The van der Waals surface area contributed by atoms with Gasteiger partial charge >= 0.3 is 6.09 Å². The SMILES string of the molecule is CCOC(=O)NC1=CC(C)C(C)(C)c2c1cnc1ccccc21. The van der Waals surface area contributed by atoms with E-state index >= 15 is 0 Å². The van der Waals surface area contributed by atoms with Crippen molar-refractivity contribution in [3.8, 4) is 0 Å². The molecule has 1 unspecified atom stereocenters. The van der Waals surface area contributed by atoms with Crippen LogP contribution in [0, 0.1) is 5.92 Å². The molecule has 1 atom stereocenters. The summed E-state index contributed by atoms with van der Waals surface area (Å²) in [6.45, 7) is 8.79. The van der Waals surface area contributed by atoms with Crippen LogP contribution >= 0.6 is 0 Å².